The Morgan fingerprint density at radius 3 is 2.42 bits per heavy atom. The van der Waals surface area contributed by atoms with Crippen LogP contribution in [-0.4, -0.2) is 42.7 Å². The molecule has 1 saturated heterocycles. The van der Waals surface area contributed by atoms with Gasteiger partial charge in [-0.3, -0.25) is 19.7 Å². The Labute approximate surface area is 215 Å². The molecule has 1 amide bonds. The first kappa shape index (κ1) is 25.8. The summed E-state index contributed by atoms with van der Waals surface area (Å²) >= 11 is 1.42. The Bertz CT molecular complexity index is 1190. The fraction of sp³-hybridized carbons (Fsp3) is 0.444. The van der Waals surface area contributed by atoms with Gasteiger partial charge >= 0.3 is 6.16 Å². The van der Waals surface area contributed by atoms with E-state index in [0.717, 1.165) is 5.56 Å². The van der Waals surface area contributed by atoms with E-state index in [1.165, 1.54) is 11.3 Å². The first-order chi connectivity index (χ1) is 17.0. The van der Waals surface area contributed by atoms with Gasteiger partial charge in [-0.2, -0.15) is 0 Å². The lowest BCUT2D eigenvalue weighted by Gasteiger charge is -2.40. The highest BCUT2D eigenvalue weighted by Crippen LogP contribution is 2.54. The van der Waals surface area contributed by atoms with E-state index in [1.54, 1.807) is 41.8 Å². The number of nitrogens with zero attached hydrogens (tertiary/aromatic N) is 4. The van der Waals surface area contributed by atoms with Crippen LogP contribution < -0.4 is 0 Å². The van der Waals surface area contributed by atoms with Gasteiger partial charge in [-0.05, 0) is 29.0 Å². The molecule has 190 valence electrons. The average molecular weight is 509 g/mol. The van der Waals surface area contributed by atoms with Crippen LogP contribution in [0, 0.1) is 5.92 Å². The van der Waals surface area contributed by atoms with Crippen molar-refractivity contribution in [2.75, 3.05) is 0 Å². The number of carboxylic acid groups (broad SMARTS) is 1. The van der Waals surface area contributed by atoms with Gasteiger partial charge < -0.3 is 9.84 Å². The van der Waals surface area contributed by atoms with E-state index in [9.17, 15) is 14.7 Å². The van der Waals surface area contributed by atoms with Crippen molar-refractivity contribution in [3.05, 3.63) is 76.3 Å². The summed E-state index contributed by atoms with van der Waals surface area (Å²) in [6.45, 7) is 10.3. The molecule has 9 heteroatoms. The highest BCUT2D eigenvalue weighted by Gasteiger charge is 2.59. The highest BCUT2D eigenvalue weighted by atomic mass is 32.1. The Balaban J connectivity index is 1.89. The molecule has 0 unspecified atom stereocenters. The summed E-state index contributed by atoms with van der Waals surface area (Å²) in [6.07, 6.45) is 5.72. The van der Waals surface area contributed by atoms with Crippen LogP contribution in [0.3, 0.4) is 0 Å². The largest absolute Gasteiger partial charge is 0.507 e. The summed E-state index contributed by atoms with van der Waals surface area (Å²) in [6, 6.07) is 6.94. The topological polar surface area (TPSA) is 106 Å². The van der Waals surface area contributed by atoms with Crippen molar-refractivity contribution >= 4 is 23.4 Å². The van der Waals surface area contributed by atoms with Crippen molar-refractivity contribution < 1.29 is 19.4 Å². The van der Waals surface area contributed by atoms with Crippen LogP contribution in [0.5, 0.6) is 0 Å². The lowest BCUT2D eigenvalue weighted by atomic mass is 9.86. The maximum Gasteiger partial charge on any atom is 0.507 e. The molecule has 0 spiro atoms. The second kappa shape index (κ2) is 9.97. The number of hydrogen-bond acceptors (Lipinski definition) is 7. The van der Waals surface area contributed by atoms with Crippen molar-refractivity contribution in [1.29, 1.82) is 0 Å². The van der Waals surface area contributed by atoms with Crippen molar-refractivity contribution in [2.24, 2.45) is 5.92 Å². The average Bonchev–Trinajstić information content (AvgIpc) is 3.44. The normalized spacial score (nSPS) is 22.1. The second-order valence-corrected chi connectivity index (χ2v) is 11.6. The molecule has 36 heavy (non-hydrogen) atoms. The van der Waals surface area contributed by atoms with E-state index in [1.807, 2.05) is 31.4 Å². The van der Waals surface area contributed by atoms with Gasteiger partial charge in [0.15, 0.2) is 5.72 Å². The fourth-order valence-corrected chi connectivity index (χ4v) is 5.89. The van der Waals surface area contributed by atoms with Gasteiger partial charge in [-0.1, -0.05) is 46.8 Å². The smallest absolute Gasteiger partial charge is 0.450 e. The summed E-state index contributed by atoms with van der Waals surface area (Å²) < 4.78 is 5.67. The standard InChI is InChI=1S/C27H32N4O4S/c1-17(2)14-27(35-25(33)34)15-20(21-16-28-10-11-29-21)22(23-30-12-13-36-23)31(27)24(32)18-6-8-19(9-7-18)26(3,4)5/h6-13,16-17,20,22H,14-15H2,1-5H3,(H,33,34)/t20-,22-,27+/m1/s1. The van der Waals surface area contributed by atoms with E-state index in [2.05, 4.69) is 35.7 Å². The van der Waals surface area contributed by atoms with Crippen LogP contribution in [-0.2, 0) is 10.2 Å². The van der Waals surface area contributed by atoms with Crippen molar-refractivity contribution in [2.45, 2.75) is 70.6 Å². The molecule has 3 atom stereocenters. The minimum atomic E-state index is -1.42. The molecule has 1 N–H and O–H groups in total. The summed E-state index contributed by atoms with van der Waals surface area (Å²) in [4.78, 5) is 41.2. The Hall–Kier alpha value is -3.33. The van der Waals surface area contributed by atoms with Gasteiger partial charge in [0, 0.05) is 54.5 Å². The number of carbonyl (C=O) groups is 2. The highest BCUT2D eigenvalue weighted by molar-refractivity contribution is 7.09. The number of amides is 1. The van der Waals surface area contributed by atoms with Gasteiger partial charge in [-0.25, -0.2) is 9.78 Å². The molecule has 3 aromatic rings. The number of rotatable bonds is 6. The molecule has 0 aliphatic carbocycles. The predicted molar refractivity (Wildman–Crippen MR) is 137 cm³/mol. The van der Waals surface area contributed by atoms with E-state index >= 15 is 0 Å². The zero-order valence-corrected chi connectivity index (χ0v) is 22.0. The van der Waals surface area contributed by atoms with E-state index in [4.69, 9.17) is 4.74 Å². The first-order valence-corrected chi connectivity index (χ1v) is 12.9. The Kier molecular flexibility index (Phi) is 7.13. The van der Waals surface area contributed by atoms with E-state index in [0.29, 0.717) is 22.7 Å². The maximum atomic E-state index is 14.3. The van der Waals surface area contributed by atoms with Gasteiger partial charge in [0.25, 0.3) is 5.91 Å². The molecule has 0 saturated carbocycles. The summed E-state index contributed by atoms with van der Waals surface area (Å²) in [7, 11) is 0. The molecule has 1 fully saturated rings. The van der Waals surface area contributed by atoms with E-state index < -0.39 is 17.9 Å². The van der Waals surface area contributed by atoms with Crippen LogP contribution in [0.15, 0.2) is 54.4 Å². The molecule has 4 rings (SSSR count). The Morgan fingerprint density at radius 2 is 1.89 bits per heavy atom. The first-order valence-electron chi connectivity index (χ1n) is 12.0. The van der Waals surface area contributed by atoms with Crippen molar-refractivity contribution in [1.82, 2.24) is 19.9 Å². The number of likely N-dealkylation sites (tertiary alicyclic amines) is 1. The number of aromatic nitrogens is 3. The minimum Gasteiger partial charge on any atom is -0.450 e. The maximum absolute atomic E-state index is 14.3. The number of thiazole rings is 1. The monoisotopic (exact) mass is 508 g/mol. The molecular formula is C27H32N4O4S. The van der Waals surface area contributed by atoms with Crippen LogP contribution in [0.2, 0.25) is 0 Å². The molecule has 0 radical (unpaired) electrons. The molecule has 2 aromatic heterocycles. The molecule has 1 aliphatic heterocycles. The van der Waals surface area contributed by atoms with Crippen LogP contribution in [0.25, 0.3) is 0 Å². The quantitative estimate of drug-likeness (QED) is 0.405. The summed E-state index contributed by atoms with van der Waals surface area (Å²) in [5.41, 5.74) is 0.774. The number of ether oxygens (including phenoxy) is 1. The summed E-state index contributed by atoms with van der Waals surface area (Å²) in [5, 5.41) is 12.4. The second-order valence-electron chi connectivity index (χ2n) is 10.7. The molecular weight excluding hydrogens is 476 g/mol. The van der Waals surface area contributed by atoms with Gasteiger partial charge in [0.1, 0.15) is 5.01 Å². The molecule has 0 bridgehead atoms. The number of benzene rings is 1. The number of hydrogen-bond donors (Lipinski definition) is 1. The third kappa shape index (κ3) is 5.11. The van der Waals surface area contributed by atoms with E-state index in [-0.39, 0.29) is 29.6 Å². The third-order valence-electron chi connectivity index (χ3n) is 6.53. The zero-order chi connectivity index (χ0) is 26.1. The number of carbonyl (C=O) groups excluding carboxylic acids is 1. The van der Waals surface area contributed by atoms with Gasteiger partial charge in [0.05, 0.1) is 11.7 Å². The minimum absolute atomic E-state index is 0.0560. The van der Waals surface area contributed by atoms with Crippen LogP contribution >= 0.6 is 11.3 Å². The van der Waals surface area contributed by atoms with Gasteiger partial charge in [0.2, 0.25) is 0 Å². The molecule has 8 nitrogen and oxygen atoms in total. The molecule has 3 heterocycles. The van der Waals surface area contributed by atoms with Crippen LogP contribution in [0.1, 0.15) is 86.0 Å². The SMILES string of the molecule is CC(C)C[C@]1(OC(=O)O)C[C@H](c2cnccn2)[C@H](c2nccs2)N1C(=O)c1ccc(C(C)(C)C)cc1. The molecule has 1 aromatic carbocycles. The Morgan fingerprint density at radius 1 is 1.17 bits per heavy atom. The van der Waals surface area contributed by atoms with Gasteiger partial charge in [-0.15, -0.1) is 11.3 Å². The third-order valence-corrected chi connectivity index (χ3v) is 7.37. The summed E-state index contributed by atoms with van der Waals surface area (Å²) in [5.74, 6) is -0.592. The van der Waals surface area contributed by atoms with Crippen molar-refractivity contribution in [3.8, 4) is 0 Å². The van der Waals surface area contributed by atoms with Crippen LogP contribution in [0.4, 0.5) is 4.79 Å². The molecule has 1 aliphatic rings. The lowest BCUT2D eigenvalue weighted by molar-refractivity contribution is -0.108. The predicted octanol–water partition coefficient (Wildman–Crippen LogP) is 6.04. The zero-order valence-electron chi connectivity index (χ0n) is 21.2. The fourth-order valence-electron chi connectivity index (χ4n) is 5.10. The van der Waals surface area contributed by atoms with Crippen molar-refractivity contribution in [3.63, 3.8) is 0 Å². The lowest BCUT2D eigenvalue weighted by Crippen LogP contribution is -2.52.